The van der Waals surface area contributed by atoms with Gasteiger partial charge in [0.25, 0.3) is 5.56 Å². The Morgan fingerprint density at radius 1 is 1.18 bits per heavy atom. The summed E-state index contributed by atoms with van der Waals surface area (Å²) >= 11 is 1.84. The van der Waals surface area contributed by atoms with Crippen LogP contribution in [-0.2, 0) is 10.5 Å². The first-order chi connectivity index (χ1) is 13.7. The monoisotopic (exact) mass is 406 g/mol. The van der Waals surface area contributed by atoms with Crippen molar-refractivity contribution in [3.8, 4) is 5.75 Å². The van der Waals surface area contributed by atoms with Gasteiger partial charge in [0.1, 0.15) is 22.8 Å². The summed E-state index contributed by atoms with van der Waals surface area (Å²) in [7, 11) is 0. The fourth-order valence-corrected chi connectivity index (χ4v) is 5.15. The van der Waals surface area contributed by atoms with E-state index in [0.29, 0.717) is 40.6 Å². The molecule has 2 fully saturated rings. The zero-order valence-corrected chi connectivity index (χ0v) is 16.9. The van der Waals surface area contributed by atoms with Crippen LogP contribution in [0.3, 0.4) is 0 Å². The normalized spacial score (nSPS) is 19.2. The van der Waals surface area contributed by atoms with Crippen LogP contribution >= 0.6 is 11.8 Å². The molecule has 0 unspecified atom stereocenters. The van der Waals surface area contributed by atoms with Gasteiger partial charge in [0.15, 0.2) is 0 Å². The van der Waals surface area contributed by atoms with Crippen LogP contribution in [0.4, 0.5) is 4.39 Å². The van der Waals surface area contributed by atoms with Gasteiger partial charge in [0.2, 0.25) is 0 Å². The molecule has 152 valence electrons. The largest absolute Gasteiger partial charge is 0.493 e. The van der Waals surface area contributed by atoms with E-state index in [4.69, 9.17) is 9.47 Å². The van der Waals surface area contributed by atoms with Crippen molar-refractivity contribution < 1.29 is 13.9 Å². The average molecular weight is 407 g/mol. The molecular weight excluding hydrogens is 379 g/mol. The third-order valence-electron chi connectivity index (χ3n) is 5.62. The Morgan fingerprint density at radius 2 is 1.96 bits per heavy atom. The highest BCUT2D eigenvalue weighted by Gasteiger charge is 2.17. The number of aromatic amines is 1. The molecule has 7 heteroatoms. The Bertz CT molecular complexity index is 855. The van der Waals surface area contributed by atoms with Gasteiger partial charge in [0, 0.05) is 30.6 Å². The van der Waals surface area contributed by atoms with Crippen molar-refractivity contribution >= 4 is 22.7 Å². The predicted molar refractivity (Wildman–Crippen MR) is 110 cm³/mol. The maximum absolute atomic E-state index is 14.5. The lowest BCUT2D eigenvalue weighted by Crippen LogP contribution is -2.21. The topological polar surface area (TPSA) is 64.2 Å². The minimum absolute atomic E-state index is 0.00447. The molecule has 0 radical (unpaired) electrons. The summed E-state index contributed by atoms with van der Waals surface area (Å²) in [5.74, 6) is 1.52. The summed E-state index contributed by atoms with van der Waals surface area (Å²) in [4.78, 5) is 19.7. The summed E-state index contributed by atoms with van der Waals surface area (Å²) in [6.45, 7) is 2.03. The molecule has 0 atom stereocenters. The number of nitrogens with one attached hydrogen (secondary N) is 1. The van der Waals surface area contributed by atoms with Crippen LogP contribution in [0.2, 0.25) is 0 Å². The first-order valence-corrected chi connectivity index (χ1v) is 11.3. The number of thioether (sulfide) groups is 1. The molecule has 0 amide bonds. The quantitative estimate of drug-likeness (QED) is 0.769. The molecule has 2 aromatic rings. The highest BCUT2D eigenvalue weighted by Crippen LogP contribution is 2.30. The zero-order valence-electron chi connectivity index (χ0n) is 16.0. The van der Waals surface area contributed by atoms with Gasteiger partial charge in [-0.25, -0.2) is 9.37 Å². The van der Waals surface area contributed by atoms with Crippen LogP contribution in [0.1, 0.15) is 50.8 Å². The molecule has 1 N–H and O–H groups in total. The molecule has 28 heavy (non-hydrogen) atoms. The summed E-state index contributed by atoms with van der Waals surface area (Å²) in [5, 5.41) is 0.630. The van der Waals surface area contributed by atoms with Gasteiger partial charge in [-0.1, -0.05) is 19.3 Å². The molecule has 1 aromatic carbocycles. The summed E-state index contributed by atoms with van der Waals surface area (Å²) in [5.41, 5.74) is -0.0531. The first-order valence-electron chi connectivity index (χ1n) is 10.2. The van der Waals surface area contributed by atoms with E-state index in [1.807, 2.05) is 11.8 Å². The van der Waals surface area contributed by atoms with Crippen LogP contribution in [0.15, 0.2) is 16.9 Å². The highest BCUT2D eigenvalue weighted by atomic mass is 32.2. The molecule has 1 aliphatic carbocycles. The van der Waals surface area contributed by atoms with E-state index in [1.54, 1.807) is 6.07 Å². The number of fused-ring (bicyclic) bond motifs is 1. The van der Waals surface area contributed by atoms with Crippen molar-refractivity contribution in [3.05, 3.63) is 34.1 Å². The molecule has 1 aromatic heterocycles. The van der Waals surface area contributed by atoms with E-state index in [0.717, 1.165) is 26.1 Å². The third kappa shape index (κ3) is 4.87. The molecule has 0 bridgehead atoms. The van der Waals surface area contributed by atoms with E-state index in [1.165, 1.54) is 38.2 Å². The number of H-pyrrole nitrogens is 1. The standard InChI is InChI=1S/C21H27FN2O3S/c22-17-10-15(27-12-14-6-8-26-9-7-14)11-18-20(17)21(25)24-19(23-18)13-28-16-4-2-1-3-5-16/h10-11,14,16H,1-9,12-13H2,(H,23,24,25). The van der Waals surface area contributed by atoms with Crippen molar-refractivity contribution in [2.75, 3.05) is 19.8 Å². The Balaban J connectivity index is 1.48. The number of aromatic nitrogens is 2. The minimum atomic E-state index is -0.584. The Hall–Kier alpha value is -1.60. The van der Waals surface area contributed by atoms with Gasteiger partial charge in [-0.3, -0.25) is 4.79 Å². The number of hydrogen-bond donors (Lipinski definition) is 1. The fraction of sp³-hybridized carbons (Fsp3) is 0.619. The Morgan fingerprint density at radius 3 is 2.75 bits per heavy atom. The Kier molecular flexibility index (Phi) is 6.52. The van der Waals surface area contributed by atoms with Crippen molar-refractivity contribution in [1.29, 1.82) is 0 Å². The smallest absolute Gasteiger partial charge is 0.261 e. The Labute approximate surface area is 168 Å². The van der Waals surface area contributed by atoms with E-state index in [9.17, 15) is 9.18 Å². The molecular formula is C21H27FN2O3S. The second-order valence-corrected chi connectivity index (χ2v) is 9.04. The predicted octanol–water partition coefficient (Wildman–Crippen LogP) is 4.43. The number of nitrogens with zero attached hydrogens (tertiary/aromatic N) is 1. The minimum Gasteiger partial charge on any atom is -0.493 e. The van der Waals surface area contributed by atoms with E-state index >= 15 is 0 Å². The van der Waals surface area contributed by atoms with Crippen LogP contribution in [-0.4, -0.2) is 35.0 Å². The van der Waals surface area contributed by atoms with Gasteiger partial charge in [-0.15, -0.1) is 0 Å². The first kappa shape index (κ1) is 19.7. The second kappa shape index (κ2) is 9.27. The maximum Gasteiger partial charge on any atom is 0.261 e. The number of ether oxygens (including phenoxy) is 2. The molecule has 2 heterocycles. The second-order valence-electron chi connectivity index (χ2n) is 7.75. The lowest BCUT2D eigenvalue weighted by Gasteiger charge is -2.22. The number of hydrogen-bond acceptors (Lipinski definition) is 5. The van der Waals surface area contributed by atoms with E-state index < -0.39 is 11.4 Å². The van der Waals surface area contributed by atoms with E-state index in [-0.39, 0.29) is 5.39 Å². The lowest BCUT2D eigenvalue weighted by atomic mass is 10.0. The van der Waals surface area contributed by atoms with Crippen LogP contribution in [0.25, 0.3) is 10.9 Å². The average Bonchev–Trinajstić information content (AvgIpc) is 2.72. The fourth-order valence-electron chi connectivity index (χ4n) is 3.96. The van der Waals surface area contributed by atoms with Crippen LogP contribution < -0.4 is 10.3 Å². The van der Waals surface area contributed by atoms with Crippen LogP contribution in [0.5, 0.6) is 5.75 Å². The zero-order chi connectivity index (χ0) is 19.3. The van der Waals surface area contributed by atoms with Crippen molar-refractivity contribution in [1.82, 2.24) is 9.97 Å². The highest BCUT2D eigenvalue weighted by molar-refractivity contribution is 7.99. The van der Waals surface area contributed by atoms with Crippen LogP contribution in [0, 0.1) is 11.7 Å². The van der Waals surface area contributed by atoms with Gasteiger partial charge in [-0.2, -0.15) is 11.8 Å². The lowest BCUT2D eigenvalue weighted by molar-refractivity contribution is 0.0497. The molecule has 1 aliphatic heterocycles. The van der Waals surface area contributed by atoms with E-state index in [2.05, 4.69) is 9.97 Å². The molecule has 5 nitrogen and oxygen atoms in total. The molecule has 4 rings (SSSR count). The number of halogens is 1. The van der Waals surface area contributed by atoms with Gasteiger partial charge in [-0.05, 0) is 31.6 Å². The third-order valence-corrected chi connectivity index (χ3v) is 7.00. The van der Waals surface area contributed by atoms with Crippen molar-refractivity contribution in [2.24, 2.45) is 5.92 Å². The SMILES string of the molecule is O=c1[nH]c(CSC2CCCCC2)nc2cc(OCC3CCOCC3)cc(F)c12. The van der Waals surface area contributed by atoms with Gasteiger partial charge < -0.3 is 14.5 Å². The molecule has 1 saturated carbocycles. The summed E-state index contributed by atoms with van der Waals surface area (Å²) < 4.78 is 25.7. The van der Waals surface area contributed by atoms with Gasteiger partial charge >= 0.3 is 0 Å². The molecule has 0 spiro atoms. The summed E-state index contributed by atoms with van der Waals surface area (Å²) in [6.07, 6.45) is 8.23. The van der Waals surface area contributed by atoms with Crippen molar-refractivity contribution in [2.45, 2.75) is 55.9 Å². The maximum atomic E-state index is 14.5. The number of benzene rings is 1. The summed E-state index contributed by atoms with van der Waals surface area (Å²) in [6, 6.07) is 2.97. The van der Waals surface area contributed by atoms with Crippen molar-refractivity contribution in [3.63, 3.8) is 0 Å². The molecule has 2 aliphatic rings. The number of rotatable bonds is 6. The molecule has 1 saturated heterocycles. The van der Waals surface area contributed by atoms with Gasteiger partial charge in [0.05, 0.1) is 17.9 Å².